The van der Waals surface area contributed by atoms with E-state index in [2.05, 4.69) is 48.5 Å². The predicted octanol–water partition coefficient (Wildman–Crippen LogP) is 5.05. The molecule has 1 fully saturated rings. The third-order valence-corrected chi connectivity index (χ3v) is 8.18. The molecular formula is C30H42N4O2. The summed E-state index contributed by atoms with van der Waals surface area (Å²) >= 11 is 0. The van der Waals surface area contributed by atoms with Gasteiger partial charge in [0.15, 0.2) is 0 Å². The third kappa shape index (κ3) is 6.33. The van der Waals surface area contributed by atoms with Crippen molar-refractivity contribution in [1.29, 1.82) is 0 Å². The molecule has 1 saturated carbocycles. The van der Waals surface area contributed by atoms with Gasteiger partial charge in [-0.3, -0.25) is 14.6 Å². The van der Waals surface area contributed by atoms with Crippen LogP contribution < -0.4 is 16.4 Å². The van der Waals surface area contributed by atoms with Crippen molar-refractivity contribution in [3.8, 4) is 0 Å². The van der Waals surface area contributed by atoms with Gasteiger partial charge in [-0.2, -0.15) is 0 Å². The van der Waals surface area contributed by atoms with Crippen LogP contribution in [0.2, 0.25) is 0 Å². The normalized spacial score (nSPS) is 26.6. The van der Waals surface area contributed by atoms with E-state index in [0.29, 0.717) is 18.4 Å². The number of rotatable bonds is 8. The van der Waals surface area contributed by atoms with Crippen molar-refractivity contribution in [3.05, 3.63) is 59.9 Å². The van der Waals surface area contributed by atoms with Crippen molar-refractivity contribution in [3.63, 3.8) is 0 Å². The highest BCUT2D eigenvalue weighted by atomic mass is 16.2. The molecule has 36 heavy (non-hydrogen) atoms. The van der Waals surface area contributed by atoms with E-state index in [4.69, 9.17) is 5.73 Å². The fourth-order valence-electron chi connectivity index (χ4n) is 6.50. The molecule has 4 rings (SSSR count). The Balaban J connectivity index is 1.42. The highest BCUT2D eigenvalue weighted by Gasteiger charge is 2.44. The lowest BCUT2D eigenvalue weighted by atomic mass is 9.63. The van der Waals surface area contributed by atoms with Gasteiger partial charge in [0.05, 0.1) is 5.92 Å². The topological polar surface area (TPSA) is 97.1 Å². The van der Waals surface area contributed by atoms with Gasteiger partial charge >= 0.3 is 0 Å². The van der Waals surface area contributed by atoms with E-state index < -0.39 is 5.41 Å². The van der Waals surface area contributed by atoms with Gasteiger partial charge in [0.1, 0.15) is 0 Å². The predicted molar refractivity (Wildman–Crippen MR) is 144 cm³/mol. The summed E-state index contributed by atoms with van der Waals surface area (Å²) in [6.07, 6.45) is 9.99. The quantitative estimate of drug-likeness (QED) is 0.482. The molecule has 0 bridgehead atoms. The van der Waals surface area contributed by atoms with Crippen molar-refractivity contribution >= 4 is 17.5 Å². The fourth-order valence-corrected chi connectivity index (χ4v) is 6.50. The summed E-state index contributed by atoms with van der Waals surface area (Å²) in [5.74, 6) is 1.19. The molecule has 0 spiro atoms. The molecule has 0 radical (unpaired) electrons. The lowest BCUT2D eigenvalue weighted by Crippen LogP contribution is -2.49. The van der Waals surface area contributed by atoms with E-state index in [0.717, 1.165) is 56.2 Å². The summed E-state index contributed by atoms with van der Waals surface area (Å²) in [6, 6.07) is 11.7. The Kier molecular flexibility index (Phi) is 8.45. The van der Waals surface area contributed by atoms with Gasteiger partial charge in [0.2, 0.25) is 11.8 Å². The summed E-state index contributed by atoms with van der Waals surface area (Å²) in [5.41, 5.74) is 9.44. The molecule has 1 heterocycles. The maximum absolute atomic E-state index is 13.4. The summed E-state index contributed by atoms with van der Waals surface area (Å²) in [7, 11) is 0. The van der Waals surface area contributed by atoms with Crippen molar-refractivity contribution in [2.24, 2.45) is 28.9 Å². The number of carbonyl (C=O) groups excluding carboxylic acids is 2. The van der Waals surface area contributed by atoms with Gasteiger partial charge < -0.3 is 16.4 Å². The Morgan fingerprint density at radius 1 is 1.14 bits per heavy atom. The number of aryl methyl sites for hydroxylation is 1. The minimum absolute atomic E-state index is 0.0437. The Hall–Kier alpha value is -2.73. The third-order valence-electron chi connectivity index (χ3n) is 8.18. The molecule has 2 aliphatic rings. The Morgan fingerprint density at radius 2 is 1.89 bits per heavy atom. The molecule has 5 unspecified atom stereocenters. The molecule has 6 nitrogen and oxygen atoms in total. The molecule has 4 N–H and O–H groups in total. The Labute approximate surface area is 215 Å². The molecule has 0 aliphatic heterocycles. The molecule has 2 aliphatic carbocycles. The molecule has 5 atom stereocenters. The maximum Gasteiger partial charge on any atom is 0.230 e. The van der Waals surface area contributed by atoms with E-state index in [1.165, 1.54) is 5.56 Å². The van der Waals surface area contributed by atoms with E-state index in [-0.39, 0.29) is 29.7 Å². The SMILES string of the molecule is CC(C)CC1CC(C(N)CNC(=O)C2CCCc3ccccc32)CC(C)(C(=O)Nc2ccncc2)C1. The first-order valence-electron chi connectivity index (χ1n) is 13.6. The number of carbonyl (C=O) groups is 2. The van der Waals surface area contributed by atoms with Crippen LogP contribution in [0.5, 0.6) is 0 Å². The second-order valence-corrected chi connectivity index (χ2v) is 11.7. The average Bonchev–Trinajstić information content (AvgIpc) is 2.86. The van der Waals surface area contributed by atoms with Crippen LogP contribution in [0.25, 0.3) is 0 Å². The second-order valence-electron chi connectivity index (χ2n) is 11.7. The van der Waals surface area contributed by atoms with Crippen LogP contribution in [0.3, 0.4) is 0 Å². The number of hydrogen-bond acceptors (Lipinski definition) is 4. The number of nitrogens with zero attached hydrogens (tertiary/aromatic N) is 1. The largest absolute Gasteiger partial charge is 0.354 e. The number of fused-ring (bicyclic) bond motifs is 1. The van der Waals surface area contributed by atoms with Crippen LogP contribution in [0.4, 0.5) is 5.69 Å². The maximum atomic E-state index is 13.4. The molecule has 1 aromatic carbocycles. The van der Waals surface area contributed by atoms with Gasteiger partial charge in [-0.1, -0.05) is 45.0 Å². The van der Waals surface area contributed by atoms with Crippen molar-refractivity contribution in [1.82, 2.24) is 10.3 Å². The van der Waals surface area contributed by atoms with Gasteiger partial charge in [0, 0.05) is 36.1 Å². The Bertz CT molecular complexity index is 1040. The van der Waals surface area contributed by atoms with Crippen molar-refractivity contribution in [2.75, 3.05) is 11.9 Å². The van der Waals surface area contributed by atoms with Gasteiger partial charge in [-0.25, -0.2) is 0 Å². The van der Waals surface area contributed by atoms with Gasteiger partial charge in [-0.15, -0.1) is 0 Å². The Morgan fingerprint density at radius 3 is 2.64 bits per heavy atom. The number of benzene rings is 1. The van der Waals surface area contributed by atoms with Gasteiger partial charge in [0.25, 0.3) is 0 Å². The number of anilines is 1. The van der Waals surface area contributed by atoms with Crippen molar-refractivity contribution < 1.29 is 9.59 Å². The fraction of sp³-hybridized carbons (Fsp3) is 0.567. The standard InChI is InChI=1S/C30H42N4O2/c1-20(2)15-21-16-23(18-30(3,17-21)29(36)34-24-11-13-32-14-12-24)27(31)19-33-28(35)26-10-6-8-22-7-4-5-9-25(22)26/h4-5,7,9,11-14,20-21,23,26-27H,6,8,10,15-19,31H2,1-3H3,(H,33,35)(H,32,34,36). The molecule has 0 saturated heterocycles. The summed E-state index contributed by atoms with van der Waals surface area (Å²) in [5, 5.41) is 6.27. The monoisotopic (exact) mass is 490 g/mol. The number of aromatic nitrogens is 1. The molecule has 2 aromatic rings. The van der Waals surface area contributed by atoms with Gasteiger partial charge in [-0.05, 0) is 86.0 Å². The summed E-state index contributed by atoms with van der Waals surface area (Å²) in [4.78, 5) is 30.6. The van der Waals surface area contributed by atoms with E-state index in [1.54, 1.807) is 12.4 Å². The van der Waals surface area contributed by atoms with E-state index >= 15 is 0 Å². The molecule has 1 aromatic heterocycles. The number of amides is 2. The first-order chi connectivity index (χ1) is 17.2. The van der Waals surface area contributed by atoms with Crippen LogP contribution >= 0.6 is 0 Å². The zero-order valence-electron chi connectivity index (χ0n) is 22.0. The number of nitrogens with two attached hydrogens (primary N) is 1. The molecule has 2 amide bonds. The first kappa shape index (κ1) is 26.3. The zero-order valence-corrected chi connectivity index (χ0v) is 22.0. The molecular weight excluding hydrogens is 448 g/mol. The highest BCUT2D eigenvalue weighted by Crippen LogP contribution is 2.46. The summed E-state index contributed by atoms with van der Waals surface area (Å²) in [6.45, 7) is 6.99. The van der Waals surface area contributed by atoms with Crippen LogP contribution in [-0.2, 0) is 16.0 Å². The minimum Gasteiger partial charge on any atom is -0.354 e. The average molecular weight is 491 g/mol. The molecule has 6 heteroatoms. The van der Waals surface area contributed by atoms with E-state index in [1.807, 2.05) is 24.3 Å². The van der Waals surface area contributed by atoms with E-state index in [9.17, 15) is 9.59 Å². The lowest BCUT2D eigenvalue weighted by molar-refractivity contribution is -0.129. The highest BCUT2D eigenvalue weighted by molar-refractivity contribution is 5.95. The van der Waals surface area contributed by atoms with Crippen LogP contribution in [0, 0.1) is 23.2 Å². The lowest BCUT2D eigenvalue weighted by Gasteiger charge is -2.44. The van der Waals surface area contributed by atoms with Crippen molar-refractivity contribution in [2.45, 2.75) is 77.7 Å². The van der Waals surface area contributed by atoms with Crippen LogP contribution in [-0.4, -0.2) is 29.4 Å². The summed E-state index contributed by atoms with van der Waals surface area (Å²) < 4.78 is 0. The second kappa shape index (κ2) is 11.5. The number of hydrogen-bond donors (Lipinski definition) is 3. The van der Waals surface area contributed by atoms with Crippen LogP contribution in [0.15, 0.2) is 48.8 Å². The molecule has 194 valence electrons. The minimum atomic E-state index is -0.504. The number of nitrogens with one attached hydrogen (secondary N) is 2. The number of pyridine rings is 1. The first-order valence-corrected chi connectivity index (χ1v) is 13.6. The zero-order chi connectivity index (χ0) is 25.7. The van der Waals surface area contributed by atoms with Crippen LogP contribution in [0.1, 0.15) is 76.3 Å². The smallest absolute Gasteiger partial charge is 0.230 e.